The molecular weight excluding hydrogens is 379 g/mol. The number of sulfone groups is 1. The van der Waals surface area contributed by atoms with Gasteiger partial charge in [-0.15, -0.1) is 0 Å². The number of aryl methyl sites for hydroxylation is 1. The molecule has 0 N–H and O–H groups in total. The molecule has 0 radical (unpaired) electrons. The van der Waals surface area contributed by atoms with Gasteiger partial charge in [-0.2, -0.15) is 0 Å². The molecule has 0 aliphatic carbocycles. The lowest BCUT2D eigenvalue weighted by atomic mass is 10.1. The van der Waals surface area contributed by atoms with Gasteiger partial charge in [0.2, 0.25) is 0 Å². The Bertz CT molecular complexity index is 994. The molecule has 4 rings (SSSR count). The quantitative estimate of drug-likeness (QED) is 0.733. The molecule has 2 amide bonds. The van der Waals surface area contributed by atoms with Crippen LogP contribution >= 0.6 is 11.6 Å². The number of rotatable bonds is 2. The van der Waals surface area contributed by atoms with Crippen LogP contribution in [0.25, 0.3) is 0 Å². The van der Waals surface area contributed by atoms with Crippen molar-refractivity contribution in [2.75, 3.05) is 21.3 Å². The van der Waals surface area contributed by atoms with E-state index < -0.39 is 27.7 Å². The number of benzene rings is 2. The maximum absolute atomic E-state index is 13.3. The first-order valence-corrected chi connectivity index (χ1v) is 10.3. The highest BCUT2D eigenvalue weighted by molar-refractivity contribution is 7.91. The molecular formula is C18H16ClFN2O3S. The number of hydrogen-bond donors (Lipinski definition) is 0. The van der Waals surface area contributed by atoms with Crippen LogP contribution in [0.1, 0.15) is 5.56 Å². The van der Waals surface area contributed by atoms with Crippen LogP contribution in [0, 0.1) is 12.7 Å². The second-order valence-corrected chi connectivity index (χ2v) is 9.21. The molecule has 0 aromatic heterocycles. The first-order chi connectivity index (χ1) is 12.3. The fourth-order valence-electron chi connectivity index (χ4n) is 3.64. The predicted octanol–water partition coefficient (Wildman–Crippen LogP) is 3.40. The lowest BCUT2D eigenvalue weighted by Crippen LogP contribution is -2.37. The maximum atomic E-state index is 13.3. The largest absolute Gasteiger partial charge is 0.329 e. The maximum Gasteiger partial charge on any atom is 0.329 e. The van der Waals surface area contributed by atoms with Gasteiger partial charge in [-0.3, -0.25) is 9.80 Å². The smallest absolute Gasteiger partial charge is 0.288 e. The third kappa shape index (κ3) is 2.75. The predicted molar refractivity (Wildman–Crippen MR) is 99.2 cm³/mol. The van der Waals surface area contributed by atoms with Gasteiger partial charge in [0, 0.05) is 16.4 Å². The van der Waals surface area contributed by atoms with Crippen LogP contribution in [-0.4, -0.2) is 38.0 Å². The highest BCUT2D eigenvalue weighted by Gasteiger charge is 2.54. The van der Waals surface area contributed by atoms with Gasteiger partial charge < -0.3 is 0 Å². The molecule has 2 aliphatic rings. The van der Waals surface area contributed by atoms with Crippen LogP contribution in [0.4, 0.5) is 20.6 Å². The molecule has 2 aromatic rings. The van der Waals surface area contributed by atoms with Gasteiger partial charge in [0.1, 0.15) is 5.82 Å². The summed E-state index contributed by atoms with van der Waals surface area (Å²) in [5.74, 6) is -0.637. The Morgan fingerprint density at radius 3 is 2.12 bits per heavy atom. The molecule has 136 valence electrons. The van der Waals surface area contributed by atoms with E-state index in [0.717, 1.165) is 5.56 Å². The van der Waals surface area contributed by atoms with Gasteiger partial charge in [-0.25, -0.2) is 17.6 Å². The molecule has 2 aromatic carbocycles. The van der Waals surface area contributed by atoms with E-state index in [2.05, 4.69) is 0 Å². The molecule has 2 atom stereocenters. The summed E-state index contributed by atoms with van der Waals surface area (Å²) in [5, 5.41) is 0.507. The molecule has 2 fully saturated rings. The molecule has 8 heteroatoms. The zero-order chi connectivity index (χ0) is 18.6. The van der Waals surface area contributed by atoms with Crippen molar-refractivity contribution in [3.63, 3.8) is 0 Å². The summed E-state index contributed by atoms with van der Waals surface area (Å²) >= 11 is 6.20. The van der Waals surface area contributed by atoms with Crippen molar-refractivity contribution in [3.05, 3.63) is 58.9 Å². The Hall–Kier alpha value is -2.12. The Morgan fingerprint density at radius 2 is 1.54 bits per heavy atom. The zero-order valence-electron chi connectivity index (χ0n) is 13.9. The number of nitrogens with zero attached hydrogens (tertiary/aromatic N) is 2. The minimum Gasteiger partial charge on any atom is -0.288 e. The number of halogens is 2. The van der Waals surface area contributed by atoms with Crippen LogP contribution in [0.3, 0.4) is 0 Å². The molecule has 0 spiro atoms. The van der Waals surface area contributed by atoms with E-state index in [1.54, 1.807) is 18.2 Å². The van der Waals surface area contributed by atoms with Gasteiger partial charge in [0.25, 0.3) is 0 Å². The van der Waals surface area contributed by atoms with E-state index in [4.69, 9.17) is 11.6 Å². The topological polar surface area (TPSA) is 57.7 Å². The first-order valence-electron chi connectivity index (χ1n) is 8.11. The van der Waals surface area contributed by atoms with E-state index in [1.807, 2.05) is 6.92 Å². The first kappa shape index (κ1) is 17.3. The molecule has 5 nitrogen and oxygen atoms in total. The minimum atomic E-state index is -3.28. The van der Waals surface area contributed by atoms with Gasteiger partial charge in [-0.1, -0.05) is 17.7 Å². The third-order valence-corrected chi connectivity index (χ3v) is 7.01. The number of anilines is 2. The molecule has 26 heavy (non-hydrogen) atoms. The van der Waals surface area contributed by atoms with E-state index in [1.165, 1.54) is 34.1 Å². The molecule has 2 heterocycles. The second kappa shape index (κ2) is 5.96. The average molecular weight is 395 g/mol. The van der Waals surface area contributed by atoms with E-state index >= 15 is 0 Å². The van der Waals surface area contributed by atoms with Crippen molar-refractivity contribution >= 4 is 38.8 Å². The van der Waals surface area contributed by atoms with Crippen molar-refractivity contribution < 1.29 is 17.6 Å². The fraction of sp³-hybridized carbons (Fsp3) is 0.278. The molecule has 2 aliphatic heterocycles. The van der Waals surface area contributed by atoms with Crippen LogP contribution in [-0.2, 0) is 9.84 Å². The standard InChI is InChI=1S/C18H16ClFN2O3S/c1-11-2-5-14(8-15(11)19)22-17-10-26(24,25)9-16(17)21(18(22)23)13-6-3-12(20)4-7-13/h2-8,16-17H,9-10H2,1H3/t16-,17+/m0/s1. The van der Waals surface area contributed by atoms with Crippen LogP contribution in [0.5, 0.6) is 0 Å². The molecule has 0 unspecified atom stereocenters. The monoisotopic (exact) mass is 394 g/mol. The van der Waals surface area contributed by atoms with Crippen molar-refractivity contribution in [1.29, 1.82) is 0 Å². The Balaban J connectivity index is 1.81. The number of urea groups is 1. The highest BCUT2D eigenvalue weighted by Crippen LogP contribution is 2.38. The Kier molecular flexibility index (Phi) is 3.96. The highest BCUT2D eigenvalue weighted by atomic mass is 35.5. The van der Waals surface area contributed by atoms with Gasteiger partial charge >= 0.3 is 6.03 Å². The summed E-state index contributed by atoms with van der Waals surface area (Å²) < 4.78 is 37.7. The van der Waals surface area contributed by atoms with Crippen LogP contribution in [0.15, 0.2) is 42.5 Å². The van der Waals surface area contributed by atoms with Gasteiger partial charge in [-0.05, 0) is 48.9 Å². The average Bonchev–Trinajstić information content (AvgIpc) is 3.00. The summed E-state index contributed by atoms with van der Waals surface area (Å²) in [6.07, 6.45) is 0. The summed E-state index contributed by atoms with van der Waals surface area (Å²) in [5.41, 5.74) is 1.90. The molecule has 2 saturated heterocycles. The number of amides is 2. The minimum absolute atomic E-state index is 0.105. The molecule has 0 bridgehead atoms. The fourth-order valence-corrected chi connectivity index (χ4v) is 5.73. The number of fused-ring (bicyclic) bond motifs is 1. The van der Waals surface area contributed by atoms with Crippen molar-refractivity contribution in [2.24, 2.45) is 0 Å². The zero-order valence-corrected chi connectivity index (χ0v) is 15.5. The summed E-state index contributed by atoms with van der Waals surface area (Å²) in [6, 6.07) is 9.36. The Morgan fingerprint density at radius 1 is 1.00 bits per heavy atom. The number of hydrogen-bond acceptors (Lipinski definition) is 3. The summed E-state index contributed by atoms with van der Waals surface area (Å²) in [7, 11) is -3.28. The van der Waals surface area contributed by atoms with Gasteiger partial charge in [0.05, 0.1) is 23.6 Å². The van der Waals surface area contributed by atoms with Crippen molar-refractivity contribution in [1.82, 2.24) is 0 Å². The van der Waals surface area contributed by atoms with Crippen molar-refractivity contribution in [2.45, 2.75) is 19.0 Å². The van der Waals surface area contributed by atoms with Crippen molar-refractivity contribution in [3.8, 4) is 0 Å². The lowest BCUT2D eigenvalue weighted by Gasteiger charge is -2.23. The molecule has 0 saturated carbocycles. The summed E-state index contributed by atoms with van der Waals surface area (Å²) in [6.45, 7) is 1.85. The third-order valence-electron chi connectivity index (χ3n) is 4.91. The van der Waals surface area contributed by atoms with Crippen LogP contribution < -0.4 is 9.80 Å². The summed E-state index contributed by atoms with van der Waals surface area (Å²) in [4.78, 5) is 16.1. The SMILES string of the molecule is Cc1ccc(N2C(=O)N(c3ccc(F)cc3)[C@H]3CS(=O)(=O)C[C@H]32)cc1Cl. The Labute approximate surface area is 155 Å². The van der Waals surface area contributed by atoms with E-state index in [0.29, 0.717) is 16.4 Å². The van der Waals surface area contributed by atoms with Gasteiger partial charge in [0.15, 0.2) is 9.84 Å². The van der Waals surface area contributed by atoms with Crippen LogP contribution in [0.2, 0.25) is 5.02 Å². The lowest BCUT2D eigenvalue weighted by molar-refractivity contribution is 0.255. The number of carbonyl (C=O) groups is 1. The van der Waals surface area contributed by atoms with E-state index in [9.17, 15) is 17.6 Å². The second-order valence-electron chi connectivity index (χ2n) is 6.64. The normalized spacial score (nSPS) is 24.2. The van der Waals surface area contributed by atoms with E-state index in [-0.39, 0.29) is 17.5 Å². The number of carbonyl (C=O) groups excluding carboxylic acids is 1.